The van der Waals surface area contributed by atoms with Gasteiger partial charge < -0.3 is 10.1 Å². The van der Waals surface area contributed by atoms with Crippen LogP contribution in [-0.2, 0) is 16.0 Å². The first-order valence-electron chi connectivity index (χ1n) is 5.60. The van der Waals surface area contributed by atoms with Crippen LogP contribution < -0.4 is 5.32 Å². The third-order valence-electron chi connectivity index (χ3n) is 2.07. The summed E-state index contributed by atoms with van der Waals surface area (Å²) in [6.07, 6.45) is 1.27. The minimum atomic E-state index is -0.121. The molecule has 0 aliphatic carbocycles. The Morgan fingerprint density at radius 2 is 2.38 bits per heavy atom. The molecule has 0 aliphatic rings. The molecule has 0 aliphatic heterocycles. The van der Waals surface area contributed by atoms with Crippen LogP contribution in [-0.4, -0.2) is 25.2 Å². The van der Waals surface area contributed by atoms with E-state index in [1.165, 1.54) is 4.88 Å². The van der Waals surface area contributed by atoms with E-state index in [4.69, 9.17) is 4.74 Å². The second kappa shape index (κ2) is 7.41. The molecule has 0 fully saturated rings. The molecule has 0 amide bonds. The Morgan fingerprint density at radius 3 is 3.00 bits per heavy atom. The minimum Gasteiger partial charge on any atom is -0.465 e. The van der Waals surface area contributed by atoms with Crippen molar-refractivity contribution in [1.82, 2.24) is 5.32 Å². The Balaban J connectivity index is 2.02. The van der Waals surface area contributed by atoms with Gasteiger partial charge in [0.25, 0.3) is 0 Å². The van der Waals surface area contributed by atoms with Gasteiger partial charge in [-0.05, 0) is 11.4 Å². The van der Waals surface area contributed by atoms with Crippen molar-refractivity contribution in [2.45, 2.75) is 32.7 Å². The molecule has 0 bridgehead atoms. The summed E-state index contributed by atoms with van der Waals surface area (Å²) < 4.78 is 5.12. The molecule has 1 heterocycles. The maximum atomic E-state index is 11.3. The van der Waals surface area contributed by atoms with E-state index in [1.54, 1.807) is 11.3 Å². The van der Waals surface area contributed by atoms with Gasteiger partial charge in [-0.2, -0.15) is 0 Å². The van der Waals surface area contributed by atoms with Gasteiger partial charge in [0.2, 0.25) is 0 Å². The molecule has 1 aromatic rings. The van der Waals surface area contributed by atoms with E-state index >= 15 is 0 Å². The Hall–Kier alpha value is -0.870. The van der Waals surface area contributed by atoms with E-state index < -0.39 is 0 Å². The standard InChI is InChI=1S/C12H19NO2S/c1-10(2)13-7-5-12(14)15-8-6-11-4-3-9-16-11/h3-4,9-10,13H,5-8H2,1-2H3. The fraction of sp³-hybridized carbons (Fsp3) is 0.583. The van der Waals surface area contributed by atoms with Gasteiger partial charge in [-0.25, -0.2) is 0 Å². The molecule has 16 heavy (non-hydrogen) atoms. The smallest absolute Gasteiger partial charge is 0.307 e. The van der Waals surface area contributed by atoms with Crippen molar-refractivity contribution in [3.8, 4) is 0 Å². The maximum absolute atomic E-state index is 11.3. The van der Waals surface area contributed by atoms with Crippen LogP contribution in [0.3, 0.4) is 0 Å². The summed E-state index contributed by atoms with van der Waals surface area (Å²) in [4.78, 5) is 12.6. The number of esters is 1. The summed E-state index contributed by atoms with van der Waals surface area (Å²) in [5.74, 6) is -0.121. The summed E-state index contributed by atoms with van der Waals surface area (Å²) >= 11 is 1.69. The summed E-state index contributed by atoms with van der Waals surface area (Å²) in [5.41, 5.74) is 0. The molecule has 3 nitrogen and oxygen atoms in total. The number of carbonyl (C=O) groups excluding carboxylic acids is 1. The van der Waals surface area contributed by atoms with Crippen molar-refractivity contribution in [2.24, 2.45) is 0 Å². The molecule has 0 aromatic carbocycles. The Labute approximate surface area is 101 Å². The van der Waals surface area contributed by atoms with Crippen molar-refractivity contribution in [2.75, 3.05) is 13.2 Å². The molecule has 1 aromatic heterocycles. The first kappa shape index (κ1) is 13.2. The van der Waals surface area contributed by atoms with E-state index in [1.807, 2.05) is 11.4 Å². The molecule has 0 atom stereocenters. The Morgan fingerprint density at radius 1 is 1.56 bits per heavy atom. The van der Waals surface area contributed by atoms with E-state index in [2.05, 4.69) is 25.2 Å². The lowest BCUT2D eigenvalue weighted by molar-refractivity contribution is -0.143. The van der Waals surface area contributed by atoms with Crippen LogP contribution in [0.5, 0.6) is 0 Å². The number of ether oxygens (including phenoxy) is 1. The van der Waals surface area contributed by atoms with Crippen LogP contribution >= 0.6 is 11.3 Å². The zero-order chi connectivity index (χ0) is 11.8. The summed E-state index contributed by atoms with van der Waals surface area (Å²) in [6, 6.07) is 4.48. The number of carbonyl (C=O) groups is 1. The molecule has 1 N–H and O–H groups in total. The average Bonchev–Trinajstić information content (AvgIpc) is 2.70. The van der Waals surface area contributed by atoms with Crippen molar-refractivity contribution >= 4 is 17.3 Å². The second-order valence-electron chi connectivity index (χ2n) is 3.91. The van der Waals surface area contributed by atoms with Gasteiger partial charge in [-0.15, -0.1) is 11.3 Å². The van der Waals surface area contributed by atoms with Crippen LogP contribution in [0.25, 0.3) is 0 Å². The highest BCUT2D eigenvalue weighted by Crippen LogP contribution is 2.08. The number of hydrogen-bond donors (Lipinski definition) is 1. The van der Waals surface area contributed by atoms with E-state index in [0.29, 0.717) is 25.6 Å². The first-order valence-corrected chi connectivity index (χ1v) is 6.48. The monoisotopic (exact) mass is 241 g/mol. The highest BCUT2D eigenvalue weighted by molar-refractivity contribution is 7.09. The minimum absolute atomic E-state index is 0.121. The zero-order valence-corrected chi connectivity index (χ0v) is 10.7. The Kier molecular flexibility index (Phi) is 6.11. The fourth-order valence-electron chi connectivity index (χ4n) is 1.26. The van der Waals surface area contributed by atoms with Gasteiger partial charge >= 0.3 is 5.97 Å². The predicted octanol–water partition coefficient (Wildman–Crippen LogP) is 2.22. The van der Waals surface area contributed by atoms with E-state index in [-0.39, 0.29) is 5.97 Å². The SMILES string of the molecule is CC(C)NCCC(=O)OCCc1cccs1. The summed E-state index contributed by atoms with van der Waals surface area (Å²) in [6.45, 7) is 5.29. The van der Waals surface area contributed by atoms with Crippen LogP contribution in [0.15, 0.2) is 17.5 Å². The normalized spacial score (nSPS) is 10.7. The number of nitrogens with one attached hydrogen (secondary N) is 1. The van der Waals surface area contributed by atoms with Crippen LogP contribution in [0, 0.1) is 0 Å². The molecule has 0 spiro atoms. The van der Waals surface area contributed by atoms with Gasteiger partial charge in [0, 0.05) is 23.9 Å². The largest absolute Gasteiger partial charge is 0.465 e. The van der Waals surface area contributed by atoms with Gasteiger partial charge in [0.15, 0.2) is 0 Å². The molecule has 0 unspecified atom stereocenters. The third-order valence-corrected chi connectivity index (χ3v) is 3.01. The second-order valence-corrected chi connectivity index (χ2v) is 4.94. The quantitative estimate of drug-likeness (QED) is 0.744. The highest BCUT2D eigenvalue weighted by atomic mass is 32.1. The topological polar surface area (TPSA) is 38.3 Å². The van der Waals surface area contributed by atoms with Gasteiger partial charge in [0.05, 0.1) is 13.0 Å². The third kappa shape index (κ3) is 5.88. The van der Waals surface area contributed by atoms with Gasteiger partial charge in [-0.1, -0.05) is 19.9 Å². The molecule has 90 valence electrons. The Bertz CT molecular complexity index is 296. The molecule has 1 rings (SSSR count). The van der Waals surface area contributed by atoms with Gasteiger partial charge in [-0.3, -0.25) is 4.79 Å². The summed E-state index contributed by atoms with van der Waals surface area (Å²) in [5, 5.41) is 5.21. The van der Waals surface area contributed by atoms with Crippen LogP contribution in [0.2, 0.25) is 0 Å². The first-order chi connectivity index (χ1) is 7.68. The van der Waals surface area contributed by atoms with Crippen molar-refractivity contribution in [1.29, 1.82) is 0 Å². The van der Waals surface area contributed by atoms with Gasteiger partial charge in [0.1, 0.15) is 0 Å². The van der Waals surface area contributed by atoms with E-state index in [9.17, 15) is 4.79 Å². The van der Waals surface area contributed by atoms with Crippen molar-refractivity contribution in [3.05, 3.63) is 22.4 Å². The number of thiophene rings is 1. The molecule has 0 saturated carbocycles. The predicted molar refractivity (Wildman–Crippen MR) is 66.7 cm³/mol. The molecular formula is C12H19NO2S. The number of rotatable bonds is 7. The van der Waals surface area contributed by atoms with Crippen molar-refractivity contribution in [3.63, 3.8) is 0 Å². The maximum Gasteiger partial charge on any atom is 0.307 e. The van der Waals surface area contributed by atoms with Crippen LogP contribution in [0.4, 0.5) is 0 Å². The van der Waals surface area contributed by atoms with Crippen LogP contribution in [0.1, 0.15) is 25.1 Å². The lowest BCUT2D eigenvalue weighted by Gasteiger charge is -2.07. The number of hydrogen-bond acceptors (Lipinski definition) is 4. The van der Waals surface area contributed by atoms with Crippen molar-refractivity contribution < 1.29 is 9.53 Å². The molecule has 0 radical (unpaired) electrons. The molecule has 0 saturated heterocycles. The lowest BCUT2D eigenvalue weighted by atomic mass is 10.3. The average molecular weight is 241 g/mol. The molecule has 4 heteroatoms. The summed E-state index contributed by atoms with van der Waals surface area (Å²) in [7, 11) is 0. The molecular weight excluding hydrogens is 222 g/mol. The highest BCUT2D eigenvalue weighted by Gasteiger charge is 2.03. The lowest BCUT2D eigenvalue weighted by Crippen LogP contribution is -2.26. The van der Waals surface area contributed by atoms with E-state index in [0.717, 1.165) is 6.42 Å². The fourth-order valence-corrected chi connectivity index (χ4v) is 1.95. The zero-order valence-electron chi connectivity index (χ0n) is 9.86.